The van der Waals surface area contributed by atoms with E-state index in [-0.39, 0.29) is 37.9 Å². The van der Waals surface area contributed by atoms with E-state index in [4.69, 9.17) is 75.8 Å². The van der Waals surface area contributed by atoms with E-state index in [1.165, 1.54) is 6.92 Å². The summed E-state index contributed by atoms with van der Waals surface area (Å²) in [6.45, 7) is 14.5. The number of esters is 1. The minimum atomic E-state index is -2.05. The summed E-state index contributed by atoms with van der Waals surface area (Å²) in [4.78, 5) is 27.1. The number of aliphatic hydroxyl groups excluding tert-OH is 1. The Morgan fingerprint density at radius 1 is 0.553 bits per heavy atom. The number of Topliss-reactive ketones (excluding diaryl/α,β-unsaturated/α-hetero) is 1. The Bertz CT molecular complexity index is 2470. The van der Waals surface area contributed by atoms with Gasteiger partial charge in [-0.2, -0.15) is 0 Å². The molecule has 10 rings (SSSR count). The van der Waals surface area contributed by atoms with Crippen LogP contribution in [0.25, 0.3) is 0 Å². The third-order valence-corrected chi connectivity index (χ3v) is 21.6. The number of hydrogen-bond donors (Lipinski definition) is 4. The minimum absolute atomic E-state index is 0.0489. The first kappa shape index (κ1) is 65.3. The fourth-order valence-corrected chi connectivity index (χ4v) is 16.5. The Morgan fingerprint density at radius 3 is 1.41 bits per heavy atom. The molecule has 22 nitrogen and oxygen atoms in total. The van der Waals surface area contributed by atoms with Crippen LogP contribution in [0.1, 0.15) is 143 Å². The highest BCUT2D eigenvalue weighted by Crippen LogP contribution is 2.71. The topological polar surface area (TPSA) is 263 Å². The average molecular weight is 1210 g/mol. The zero-order valence-electron chi connectivity index (χ0n) is 51.9. The van der Waals surface area contributed by atoms with Gasteiger partial charge in [-0.1, -0.05) is 36.8 Å². The smallest absolute Gasteiger partial charge is 0.338 e. The van der Waals surface area contributed by atoms with Crippen molar-refractivity contribution in [1.82, 2.24) is 0 Å². The van der Waals surface area contributed by atoms with Gasteiger partial charge in [0, 0.05) is 73.6 Å². The molecule has 85 heavy (non-hydrogen) atoms. The minimum Gasteiger partial charge on any atom is -0.458 e. The summed E-state index contributed by atoms with van der Waals surface area (Å²) in [6, 6.07) is 8.52. The summed E-state index contributed by atoms with van der Waals surface area (Å²) in [5.41, 5.74) is -6.73. The van der Waals surface area contributed by atoms with Crippen LogP contribution in [0.2, 0.25) is 0 Å². The van der Waals surface area contributed by atoms with Crippen molar-refractivity contribution in [2.75, 3.05) is 35.5 Å². The van der Waals surface area contributed by atoms with Crippen molar-refractivity contribution in [1.29, 1.82) is 0 Å². The monoisotopic (exact) mass is 1200 g/mol. The van der Waals surface area contributed by atoms with Crippen molar-refractivity contribution in [3.8, 4) is 0 Å². The zero-order chi connectivity index (χ0) is 61.1. The molecule has 3 saturated carbocycles. The van der Waals surface area contributed by atoms with E-state index in [9.17, 15) is 30.0 Å². The van der Waals surface area contributed by atoms with E-state index >= 15 is 0 Å². The molecule has 4 N–H and O–H groups in total. The van der Waals surface area contributed by atoms with Gasteiger partial charge in [-0.05, 0) is 111 Å². The van der Waals surface area contributed by atoms with Crippen LogP contribution in [0.3, 0.4) is 0 Å². The maximum atomic E-state index is 13.8. The van der Waals surface area contributed by atoms with E-state index in [1.807, 2.05) is 33.8 Å². The molecule has 5 aliphatic heterocycles. The first-order chi connectivity index (χ1) is 40.4. The van der Waals surface area contributed by atoms with Crippen molar-refractivity contribution in [2.45, 2.75) is 284 Å². The molecule has 8 fully saturated rings. The molecular weight excluding hydrogens is 1110 g/mol. The second-order valence-electron chi connectivity index (χ2n) is 26.1. The van der Waals surface area contributed by atoms with Crippen LogP contribution in [0.4, 0.5) is 0 Å². The van der Waals surface area contributed by atoms with Crippen molar-refractivity contribution in [3.05, 3.63) is 47.5 Å². The normalized spacial score (nSPS) is 49.2. The molecule has 1 aromatic rings. The third kappa shape index (κ3) is 11.9. The van der Waals surface area contributed by atoms with Crippen LogP contribution in [-0.4, -0.2) is 220 Å². The average Bonchev–Trinajstić information content (AvgIpc) is 1.61. The quantitative estimate of drug-likeness (QED) is 0.106. The lowest BCUT2D eigenvalue weighted by atomic mass is 9.42. The van der Waals surface area contributed by atoms with Gasteiger partial charge in [0.15, 0.2) is 37.2 Å². The fourth-order valence-electron chi connectivity index (χ4n) is 16.5. The molecule has 9 aliphatic rings. The lowest BCUT2D eigenvalue weighted by molar-refractivity contribution is -0.352. The van der Waals surface area contributed by atoms with Crippen molar-refractivity contribution in [2.24, 2.45) is 16.7 Å². The summed E-state index contributed by atoms with van der Waals surface area (Å²) in [5.74, 6) is -1.76. The standard InChI is InChI=1S/C63H96O22/c1-32-53(65)41(70-9)26-49(75-32)82-55-34(3)77-51(28-43(55)72-11)84-57-36(5)79-52(30-45(57)74-13)85-56-35(4)78-50(29-44(56)73-12)83-54-33(2)76-48(27-42(54)71-10)80-40-20-21-59(7)39(25-40)19-22-62(68)46(59)31-47(81-58(66)38-17-15-14-16-18-38)60(8)61(67,37(6)64)23-24-63(60,62)69/h14-19,32-36,40-57,65,67-69H,20-31H2,1-13H3/t32-,33-,34-,35-,36-,40+,41+,42+,43+,44+,45+,46-,47-,48+,49+,50+,51+,52+,53-,54-,55-,56-,57-,59+,60-,61+,62+,63-/m1/s1. The molecule has 480 valence electrons. The summed E-state index contributed by atoms with van der Waals surface area (Å²) in [5, 5.41) is 48.7. The fraction of sp³-hybridized carbons (Fsp3) is 0.841. The largest absolute Gasteiger partial charge is 0.458 e. The van der Waals surface area contributed by atoms with Gasteiger partial charge in [0.05, 0.1) is 78.1 Å². The molecule has 4 aliphatic carbocycles. The molecule has 0 amide bonds. The summed E-state index contributed by atoms with van der Waals surface area (Å²) in [6.07, 6.45) is -5.99. The maximum absolute atomic E-state index is 13.8. The van der Waals surface area contributed by atoms with Crippen LogP contribution in [0.15, 0.2) is 42.0 Å². The first-order valence-electron chi connectivity index (χ1n) is 30.9. The predicted octanol–water partition coefficient (Wildman–Crippen LogP) is 5.37. The second kappa shape index (κ2) is 25.9. The predicted molar refractivity (Wildman–Crippen MR) is 300 cm³/mol. The Morgan fingerprint density at radius 2 is 0.976 bits per heavy atom. The van der Waals surface area contributed by atoms with Gasteiger partial charge in [-0.15, -0.1) is 0 Å². The highest BCUT2D eigenvalue weighted by Gasteiger charge is 2.81. The number of carbonyl (C=O) groups is 2. The van der Waals surface area contributed by atoms with Gasteiger partial charge in [-0.3, -0.25) is 4.79 Å². The Labute approximate surface area is 500 Å². The van der Waals surface area contributed by atoms with E-state index < -0.39 is 168 Å². The van der Waals surface area contributed by atoms with Crippen LogP contribution >= 0.6 is 0 Å². The molecule has 0 unspecified atom stereocenters. The van der Waals surface area contributed by atoms with E-state index in [0.717, 1.165) is 5.57 Å². The maximum Gasteiger partial charge on any atom is 0.338 e. The number of methoxy groups -OCH3 is 5. The molecule has 0 spiro atoms. The third-order valence-electron chi connectivity index (χ3n) is 21.6. The first-order valence-corrected chi connectivity index (χ1v) is 30.9. The molecule has 0 bridgehead atoms. The Hall–Kier alpha value is -2.66. The summed E-state index contributed by atoms with van der Waals surface area (Å²) in [7, 11) is 8.13. The number of hydrogen-bond acceptors (Lipinski definition) is 22. The van der Waals surface area contributed by atoms with E-state index in [1.54, 1.807) is 79.7 Å². The van der Waals surface area contributed by atoms with Crippen LogP contribution in [0, 0.1) is 16.7 Å². The van der Waals surface area contributed by atoms with E-state index in [2.05, 4.69) is 6.92 Å². The SMILES string of the molecule is CO[C@H]1C[C@H](O[C@H]2[C@@H](OC)C[C@H](O[C@H]3[C@@H](OC)C[C@H](O[C@H]4[C@@H](OC)C[C@H](O[C@H]5[C@@H](OC)C[C@H](O[C@H]6CC[C@@]7(C)C(=CC[C@]8(O)[C@@H]7C[C@@H](OC(=O)c7ccccc7)[C@@]7(C)[C@]8(O)CC[C@]7(O)C(C)=O)C6)O[C@@H]5C)O[C@@H]4C)O[C@@H]3C)O[C@@H]2C)O[C@H](C)[C@H]1O. The number of ether oxygens (including phenoxy) is 16. The number of fused-ring (bicyclic) bond motifs is 5. The molecule has 0 aromatic heterocycles. The van der Waals surface area contributed by atoms with Gasteiger partial charge < -0.3 is 96.2 Å². The highest BCUT2D eigenvalue weighted by molar-refractivity contribution is 5.90. The molecule has 0 radical (unpaired) electrons. The second-order valence-corrected chi connectivity index (χ2v) is 26.1. The highest BCUT2D eigenvalue weighted by atomic mass is 16.8. The number of aliphatic hydroxyl groups is 4. The van der Waals surface area contributed by atoms with Crippen molar-refractivity contribution < 1.29 is 106 Å². The number of carbonyl (C=O) groups excluding carboxylic acids is 2. The van der Waals surface area contributed by atoms with Crippen molar-refractivity contribution >= 4 is 11.8 Å². The molecular formula is C63H96O22. The van der Waals surface area contributed by atoms with Crippen LogP contribution in [0.5, 0.6) is 0 Å². The van der Waals surface area contributed by atoms with Gasteiger partial charge in [0.1, 0.15) is 53.4 Å². The molecule has 1 aromatic carbocycles. The number of benzene rings is 1. The summed E-state index contributed by atoms with van der Waals surface area (Å²) >= 11 is 0. The van der Waals surface area contributed by atoms with Gasteiger partial charge in [0.25, 0.3) is 0 Å². The van der Waals surface area contributed by atoms with E-state index in [0.29, 0.717) is 56.9 Å². The Kier molecular flexibility index (Phi) is 19.9. The van der Waals surface area contributed by atoms with Crippen LogP contribution in [-0.2, 0) is 80.6 Å². The molecule has 5 saturated heterocycles. The van der Waals surface area contributed by atoms with Crippen LogP contribution < -0.4 is 0 Å². The Balaban J connectivity index is 0.723. The molecule has 28 atom stereocenters. The zero-order valence-corrected chi connectivity index (χ0v) is 51.9. The molecule has 5 heterocycles. The summed E-state index contributed by atoms with van der Waals surface area (Å²) < 4.78 is 101. The lowest BCUT2D eigenvalue weighted by Crippen LogP contribution is -2.78. The lowest BCUT2D eigenvalue weighted by Gasteiger charge is -2.67. The molecule has 22 heteroatoms. The van der Waals surface area contributed by atoms with Gasteiger partial charge in [0.2, 0.25) is 0 Å². The number of ketones is 1. The van der Waals surface area contributed by atoms with Gasteiger partial charge >= 0.3 is 5.97 Å². The number of rotatable bonds is 18. The van der Waals surface area contributed by atoms with Gasteiger partial charge in [-0.25, -0.2) is 4.79 Å². The van der Waals surface area contributed by atoms with Crippen molar-refractivity contribution in [3.63, 3.8) is 0 Å².